The van der Waals surface area contributed by atoms with Gasteiger partial charge >= 0.3 is 0 Å². The zero-order valence-electron chi connectivity index (χ0n) is 15.6. The maximum absolute atomic E-state index is 13.7. The van der Waals surface area contributed by atoms with Crippen molar-refractivity contribution in [2.75, 3.05) is 13.2 Å². The topological polar surface area (TPSA) is 49.9 Å². The number of amides is 2. The van der Waals surface area contributed by atoms with E-state index in [0.29, 0.717) is 25.1 Å². The predicted octanol–water partition coefficient (Wildman–Crippen LogP) is 3.05. The van der Waals surface area contributed by atoms with E-state index in [-0.39, 0.29) is 30.3 Å². The number of aryl methyl sites for hydroxylation is 1. The molecule has 3 aliphatic heterocycles. The van der Waals surface area contributed by atoms with Crippen molar-refractivity contribution in [1.82, 2.24) is 9.80 Å². The Labute approximate surface area is 162 Å². The lowest BCUT2D eigenvalue weighted by Crippen LogP contribution is -2.49. The molecule has 0 aromatic heterocycles. The van der Waals surface area contributed by atoms with Crippen LogP contribution in [0.4, 0.5) is 4.39 Å². The third-order valence-corrected chi connectivity index (χ3v) is 6.33. The summed E-state index contributed by atoms with van der Waals surface area (Å²) in [6.07, 6.45) is 0.816. The number of halogens is 1. The summed E-state index contributed by atoms with van der Waals surface area (Å²) in [5, 5.41) is 0. The van der Waals surface area contributed by atoms with Crippen LogP contribution >= 0.6 is 0 Å². The second-order valence-corrected chi connectivity index (χ2v) is 7.77. The van der Waals surface area contributed by atoms with E-state index in [2.05, 4.69) is 0 Å². The fourth-order valence-corrected chi connectivity index (χ4v) is 4.99. The number of nitrogens with zero attached hydrogens (tertiary/aromatic N) is 2. The number of rotatable bonds is 2. The summed E-state index contributed by atoms with van der Waals surface area (Å²) >= 11 is 0. The smallest absolute Gasteiger partial charge is 0.254 e. The SMILES string of the molecule is Cc1ccc(F)cc1C(=O)N1CC[C@@]23OC[C@@H](c4ccccc4)N2C(=O)C[C@@H]13. The maximum atomic E-state index is 13.7. The van der Waals surface area contributed by atoms with Gasteiger partial charge in [0.1, 0.15) is 5.82 Å². The van der Waals surface area contributed by atoms with E-state index in [1.165, 1.54) is 12.1 Å². The fourth-order valence-electron chi connectivity index (χ4n) is 4.99. The van der Waals surface area contributed by atoms with Crippen LogP contribution in [0, 0.1) is 12.7 Å². The van der Waals surface area contributed by atoms with Crippen LogP contribution in [0.25, 0.3) is 0 Å². The minimum absolute atomic E-state index is 0.00446. The number of hydrogen-bond donors (Lipinski definition) is 0. The van der Waals surface area contributed by atoms with Crippen molar-refractivity contribution in [3.05, 3.63) is 71.0 Å². The molecule has 0 saturated carbocycles. The summed E-state index contributed by atoms with van der Waals surface area (Å²) in [4.78, 5) is 29.6. The number of likely N-dealkylation sites (tertiary alicyclic amines) is 1. The molecule has 3 atom stereocenters. The Kier molecular flexibility index (Phi) is 3.81. The molecule has 28 heavy (non-hydrogen) atoms. The molecule has 3 aliphatic rings. The van der Waals surface area contributed by atoms with Crippen LogP contribution in [-0.2, 0) is 9.53 Å². The first kappa shape index (κ1) is 17.4. The highest BCUT2D eigenvalue weighted by Crippen LogP contribution is 2.51. The van der Waals surface area contributed by atoms with Crippen LogP contribution < -0.4 is 0 Å². The van der Waals surface area contributed by atoms with E-state index in [1.807, 2.05) is 35.2 Å². The average Bonchev–Trinajstić information content (AvgIpc) is 3.33. The molecule has 5 nitrogen and oxygen atoms in total. The molecule has 3 fully saturated rings. The van der Waals surface area contributed by atoms with Crippen LogP contribution in [-0.4, -0.2) is 46.5 Å². The molecule has 2 aromatic carbocycles. The van der Waals surface area contributed by atoms with Crippen LogP contribution in [0.15, 0.2) is 48.5 Å². The van der Waals surface area contributed by atoms with Crippen LogP contribution in [0.2, 0.25) is 0 Å². The summed E-state index contributed by atoms with van der Waals surface area (Å²) in [6.45, 7) is 2.71. The molecule has 2 aromatic rings. The van der Waals surface area contributed by atoms with Crippen molar-refractivity contribution < 1.29 is 18.7 Å². The first-order valence-corrected chi connectivity index (χ1v) is 9.59. The van der Waals surface area contributed by atoms with Gasteiger partial charge in [-0.3, -0.25) is 9.59 Å². The van der Waals surface area contributed by atoms with Gasteiger partial charge in [0.15, 0.2) is 5.72 Å². The third kappa shape index (κ3) is 2.34. The van der Waals surface area contributed by atoms with Crippen molar-refractivity contribution in [3.63, 3.8) is 0 Å². The lowest BCUT2D eigenvalue weighted by Gasteiger charge is -2.33. The Morgan fingerprint density at radius 3 is 2.79 bits per heavy atom. The summed E-state index contributed by atoms with van der Waals surface area (Å²) in [5.74, 6) is -0.668. The Balaban J connectivity index is 1.48. The van der Waals surface area contributed by atoms with Gasteiger partial charge in [-0.25, -0.2) is 4.39 Å². The summed E-state index contributed by atoms with van der Waals surface area (Å²) in [5.41, 5.74) is 1.34. The fraction of sp³-hybridized carbons (Fsp3) is 0.364. The van der Waals surface area contributed by atoms with Gasteiger partial charge in [0.05, 0.1) is 25.1 Å². The van der Waals surface area contributed by atoms with Gasteiger partial charge in [-0.2, -0.15) is 0 Å². The molecule has 0 bridgehead atoms. The minimum atomic E-state index is -0.769. The second kappa shape index (κ2) is 6.14. The molecule has 6 heteroatoms. The first-order chi connectivity index (χ1) is 13.5. The number of carbonyl (C=O) groups is 2. The second-order valence-electron chi connectivity index (χ2n) is 7.77. The van der Waals surface area contributed by atoms with Gasteiger partial charge in [0.2, 0.25) is 5.91 Å². The Bertz CT molecular complexity index is 964. The van der Waals surface area contributed by atoms with Gasteiger partial charge in [0, 0.05) is 18.5 Å². The Morgan fingerprint density at radius 1 is 1.21 bits per heavy atom. The Hall–Kier alpha value is -2.73. The quantitative estimate of drug-likeness (QED) is 0.805. The molecule has 3 saturated heterocycles. The zero-order valence-corrected chi connectivity index (χ0v) is 15.6. The first-order valence-electron chi connectivity index (χ1n) is 9.59. The number of ether oxygens (including phenoxy) is 1. The standard InChI is InChI=1S/C22H21FN2O3/c1-14-7-8-16(23)11-17(14)21(27)24-10-9-22-19(24)12-20(26)25(22)18(13-28-22)15-5-3-2-4-6-15/h2-8,11,18-19H,9-10,12-13H2,1H3/t18-,19+,22-/m0/s1. The van der Waals surface area contributed by atoms with Crippen LogP contribution in [0.1, 0.15) is 40.4 Å². The van der Waals surface area contributed by atoms with E-state index in [9.17, 15) is 14.0 Å². The Morgan fingerprint density at radius 2 is 2.00 bits per heavy atom. The molecule has 3 heterocycles. The van der Waals surface area contributed by atoms with Gasteiger partial charge in [0.25, 0.3) is 5.91 Å². The van der Waals surface area contributed by atoms with Crippen molar-refractivity contribution in [2.24, 2.45) is 0 Å². The largest absolute Gasteiger partial charge is 0.351 e. The third-order valence-electron chi connectivity index (χ3n) is 6.33. The highest BCUT2D eigenvalue weighted by atomic mass is 19.1. The molecule has 1 spiro atoms. The molecule has 0 aliphatic carbocycles. The molecule has 5 rings (SSSR count). The lowest BCUT2D eigenvalue weighted by molar-refractivity contribution is -0.138. The number of benzene rings is 2. The average molecular weight is 380 g/mol. The molecular formula is C22H21FN2O3. The van der Waals surface area contributed by atoms with Gasteiger partial charge in [-0.05, 0) is 30.2 Å². The summed E-state index contributed by atoms with van der Waals surface area (Å²) in [6, 6.07) is 13.6. The van der Waals surface area contributed by atoms with Gasteiger partial charge < -0.3 is 14.5 Å². The monoisotopic (exact) mass is 380 g/mol. The molecule has 0 N–H and O–H groups in total. The van der Waals surface area contributed by atoms with Crippen molar-refractivity contribution in [3.8, 4) is 0 Å². The van der Waals surface area contributed by atoms with Crippen LogP contribution in [0.3, 0.4) is 0 Å². The van der Waals surface area contributed by atoms with E-state index >= 15 is 0 Å². The summed E-state index contributed by atoms with van der Waals surface area (Å²) in [7, 11) is 0. The molecule has 144 valence electrons. The predicted molar refractivity (Wildman–Crippen MR) is 99.9 cm³/mol. The van der Waals surface area contributed by atoms with Gasteiger partial charge in [-0.1, -0.05) is 36.4 Å². The zero-order chi connectivity index (χ0) is 19.5. The van der Waals surface area contributed by atoms with Crippen LogP contribution in [0.5, 0.6) is 0 Å². The number of carbonyl (C=O) groups excluding carboxylic acids is 2. The van der Waals surface area contributed by atoms with E-state index in [1.54, 1.807) is 17.9 Å². The van der Waals surface area contributed by atoms with E-state index < -0.39 is 11.5 Å². The highest BCUT2D eigenvalue weighted by molar-refractivity contribution is 5.97. The molecular weight excluding hydrogens is 359 g/mol. The summed E-state index contributed by atoms with van der Waals surface area (Å²) < 4.78 is 20.0. The minimum Gasteiger partial charge on any atom is -0.351 e. The molecule has 0 unspecified atom stereocenters. The van der Waals surface area contributed by atoms with Crippen molar-refractivity contribution >= 4 is 11.8 Å². The maximum Gasteiger partial charge on any atom is 0.254 e. The molecule has 0 radical (unpaired) electrons. The van der Waals surface area contributed by atoms with Crippen molar-refractivity contribution in [2.45, 2.75) is 37.6 Å². The number of hydrogen-bond acceptors (Lipinski definition) is 3. The highest BCUT2D eigenvalue weighted by Gasteiger charge is 2.65. The van der Waals surface area contributed by atoms with Gasteiger partial charge in [-0.15, -0.1) is 0 Å². The lowest BCUT2D eigenvalue weighted by atomic mass is 10.0. The van der Waals surface area contributed by atoms with E-state index in [4.69, 9.17) is 4.74 Å². The molecule has 2 amide bonds. The van der Waals surface area contributed by atoms with Crippen molar-refractivity contribution in [1.29, 1.82) is 0 Å². The normalized spacial score (nSPS) is 28.6. The van der Waals surface area contributed by atoms with E-state index in [0.717, 1.165) is 11.1 Å².